The molecule has 1 aromatic heterocycles. The minimum absolute atomic E-state index is 0.0458. The number of pyridine rings is 1. The molecule has 1 aliphatic heterocycles. The van der Waals surface area contributed by atoms with E-state index in [1.807, 2.05) is 0 Å². The number of nitrogens with two attached hydrogens (primary N) is 1. The molecule has 1 aromatic rings. The molecule has 3 N–H and O–H groups in total. The first kappa shape index (κ1) is 11.6. The molecule has 92 valence electrons. The predicted octanol–water partition coefficient (Wildman–Crippen LogP) is 0.207. The lowest BCUT2D eigenvalue weighted by Gasteiger charge is -2.26. The Labute approximate surface area is 97.6 Å². The Bertz CT molecular complexity index is 421. The van der Waals surface area contributed by atoms with Crippen molar-refractivity contribution in [1.29, 1.82) is 0 Å². The van der Waals surface area contributed by atoms with Crippen LogP contribution in [0.4, 0.5) is 15.0 Å². The van der Waals surface area contributed by atoms with Crippen LogP contribution in [0.1, 0.15) is 0 Å². The fourth-order valence-electron chi connectivity index (χ4n) is 1.51. The highest BCUT2D eigenvalue weighted by Gasteiger charge is 2.19. The van der Waals surface area contributed by atoms with Crippen LogP contribution in [0.2, 0.25) is 0 Å². The third-order valence-corrected chi connectivity index (χ3v) is 2.41. The van der Waals surface area contributed by atoms with Gasteiger partial charge in [0, 0.05) is 32.2 Å². The van der Waals surface area contributed by atoms with Crippen LogP contribution in [0.25, 0.3) is 0 Å². The number of nitrogens with one attached hydrogen (secondary N) is 1. The largest absolute Gasteiger partial charge is 0.415 e. The number of hydrogen-bond acceptors (Lipinski definition) is 5. The minimum atomic E-state index is -0.694. The number of ether oxygens (including phenoxy) is 1. The summed E-state index contributed by atoms with van der Waals surface area (Å²) in [4.78, 5) is 16.8. The van der Waals surface area contributed by atoms with E-state index in [0.717, 1.165) is 12.3 Å². The summed E-state index contributed by atoms with van der Waals surface area (Å²) in [5.41, 5.74) is 5.29. The van der Waals surface area contributed by atoms with Crippen LogP contribution in [-0.4, -0.2) is 42.2 Å². The predicted molar refractivity (Wildman–Crippen MR) is 59.1 cm³/mol. The van der Waals surface area contributed by atoms with E-state index in [2.05, 4.69) is 10.3 Å². The van der Waals surface area contributed by atoms with E-state index >= 15 is 0 Å². The van der Waals surface area contributed by atoms with Crippen molar-refractivity contribution in [2.45, 2.75) is 0 Å². The van der Waals surface area contributed by atoms with Crippen LogP contribution < -0.4 is 15.8 Å². The number of rotatable bonds is 1. The highest BCUT2D eigenvalue weighted by Crippen LogP contribution is 2.17. The Morgan fingerprint density at radius 1 is 1.53 bits per heavy atom. The average molecular weight is 240 g/mol. The number of anilines is 1. The minimum Gasteiger partial charge on any atom is -0.405 e. The number of carbonyl (C=O) groups is 1. The van der Waals surface area contributed by atoms with Crippen molar-refractivity contribution in [2.75, 3.05) is 31.9 Å². The van der Waals surface area contributed by atoms with Crippen molar-refractivity contribution < 1.29 is 13.9 Å². The summed E-state index contributed by atoms with van der Waals surface area (Å²) in [6, 6.07) is 1.01. The van der Waals surface area contributed by atoms with Gasteiger partial charge in [0.15, 0.2) is 11.6 Å². The standard InChI is InChI=1S/C10H13FN4O2/c11-7-5-9(12)14-6-8(7)17-10(16)15-3-1-13-2-4-15/h5-6,13H,1-4H2,(H2,12,14). The van der Waals surface area contributed by atoms with Gasteiger partial charge in [-0.1, -0.05) is 0 Å². The molecule has 2 heterocycles. The zero-order valence-electron chi connectivity index (χ0n) is 9.15. The molecule has 0 spiro atoms. The maximum absolute atomic E-state index is 13.3. The van der Waals surface area contributed by atoms with Crippen LogP contribution in [0.15, 0.2) is 12.3 Å². The van der Waals surface area contributed by atoms with Gasteiger partial charge in [-0.05, 0) is 0 Å². The molecule has 1 saturated heterocycles. The third-order valence-electron chi connectivity index (χ3n) is 2.41. The molecule has 0 saturated carbocycles. The lowest BCUT2D eigenvalue weighted by atomic mass is 10.4. The number of nitrogens with zero attached hydrogens (tertiary/aromatic N) is 2. The van der Waals surface area contributed by atoms with Crippen LogP contribution in [-0.2, 0) is 0 Å². The van der Waals surface area contributed by atoms with E-state index in [0.29, 0.717) is 26.2 Å². The highest BCUT2D eigenvalue weighted by molar-refractivity contribution is 5.70. The van der Waals surface area contributed by atoms with Crippen molar-refractivity contribution in [3.8, 4) is 5.75 Å². The fraction of sp³-hybridized carbons (Fsp3) is 0.400. The summed E-state index contributed by atoms with van der Waals surface area (Å²) in [5.74, 6) is -0.854. The van der Waals surface area contributed by atoms with Crippen LogP contribution in [0.3, 0.4) is 0 Å². The molecule has 2 rings (SSSR count). The summed E-state index contributed by atoms with van der Waals surface area (Å²) in [5, 5.41) is 3.10. The number of piperazine rings is 1. The van der Waals surface area contributed by atoms with Crippen LogP contribution in [0.5, 0.6) is 5.75 Å². The highest BCUT2D eigenvalue weighted by atomic mass is 19.1. The Morgan fingerprint density at radius 3 is 2.88 bits per heavy atom. The number of halogens is 1. The van der Waals surface area contributed by atoms with Gasteiger partial charge in [0.05, 0.1) is 6.20 Å². The maximum atomic E-state index is 13.3. The van der Waals surface area contributed by atoms with Gasteiger partial charge in [0.2, 0.25) is 0 Å². The van der Waals surface area contributed by atoms with E-state index in [9.17, 15) is 9.18 Å². The Morgan fingerprint density at radius 2 is 2.24 bits per heavy atom. The molecule has 0 aliphatic carbocycles. The molecule has 1 fully saturated rings. The van der Waals surface area contributed by atoms with Gasteiger partial charge in [0.1, 0.15) is 5.82 Å². The van der Waals surface area contributed by atoms with E-state index in [1.54, 1.807) is 0 Å². The van der Waals surface area contributed by atoms with Crippen molar-refractivity contribution >= 4 is 11.9 Å². The summed E-state index contributed by atoms with van der Waals surface area (Å²) in [6.07, 6.45) is 0.530. The second-order valence-electron chi connectivity index (χ2n) is 3.64. The Hall–Kier alpha value is -1.89. The lowest BCUT2D eigenvalue weighted by molar-refractivity contribution is 0.144. The zero-order chi connectivity index (χ0) is 12.3. The van der Waals surface area contributed by atoms with Gasteiger partial charge in [0.25, 0.3) is 0 Å². The van der Waals surface area contributed by atoms with E-state index in [4.69, 9.17) is 10.5 Å². The maximum Gasteiger partial charge on any atom is 0.415 e. The van der Waals surface area contributed by atoms with Gasteiger partial charge in [-0.2, -0.15) is 0 Å². The van der Waals surface area contributed by atoms with Gasteiger partial charge in [-0.15, -0.1) is 0 Å². The van der Waals surface area contributed by atoms with Gasteiger partial charge in [-0.3, -0.25) is 0 Å². The van der Waals surface area contributed by atoms with Crippen molar-refractivity contribution in [1.82, 2.24) is 15.2 Å². The molecule has 0 bridgehead atoms. The number of aromatic nitrogens is 1. The molecular formula is C10H13FN4O2. The molecule has 0 atom stereocenters. The number of amides is 1. The number of nitrogen functional groups attached to an aromatic ring is 1. The quantitative estimate of drug-likeness (QED) is 0.733. The van der Waals surface area contributed by atoms with E-state index in [-0.39, 0.29) is 11.6 Å². The van der Waals surface area contributed by atoms with E-state index in [1.165, 1.54) is 4.90 Å². The monoisotopic (exact) mass is 240 g/mol. The molecular weight excluding hydrogens is 227 g/mol. The first-order valence-corrected chi connectivity index (χ1v) is 5.25. The van der Waals surface area contributed by atoms with E-state index < -0.39 is 11.9 Å². The first-order valence-electron chi connectivity index (χ1n) is 5.25. The molecule has 0 radical (unpaired) electrons. The summed E-state index contributed by atoms with van der Waals surface area (Å²) < 4.78 is 18.3. The van der Waals surface area contributed by atoms with Crippen molar-refractivity contribution in [3.63, 3.8) is 0 Å². The van der Waals surface area contributed by atoms with Crippen molar-refractivity contribution in [3.05, 3.63) is 18.1 Å². The molecule has 1 aliphatic rings. The summed E-state index contributed by atoms with van der Waals surface area (Å²) in [7, 11) is 0. The number of carbonyl (C=O) groups excluding carboxylic acids is 1. The zero-order valence-corrected chi connectivity index (χ0v) is 9.15. The lowest BCUT2D eigenvalue weighted by Crippen LogP contribution is -2.47. The molecule has 17 heavy (non-hydrogen) atoms. The van der Waals surface area contributed by atoms with Gasteiger partial charge >= 0.3 is 6.09 Å². The fourth-order valence-corrected chi connectivity index (χ4v) is 1.51. The summed E-state index contributed by atoms with van der Waals surface area (Å²) in [6.45, 7) is 2.50. The summed E-state index contributed by atoms with van der Waals surface area (Å²) >= 11 is 0. The normalized spacial score (nSPS) is 15.7. The first-order chi connectivity index (χ1) is 8.16. The second-order valence-corrected chi connectivity index (χ2v) is 3.64. The van der Waals surface area contributed by atoms with Crippen molar-refractivity contribution in [2.24, 2.45) is 0 Å². The third kappa shape index (κ3) is 2.82. The SMILES string of the molecule is Nc1cc(F)c(OC(=O)N2CCNCC2)cn1. The Balaban J connectivity index is 2.02. The van der Waals surface area contributed by atoms with Gasteiger partial charge < -0.3 is 20.7 Å². The number of hydrogen-bond donors (Lipinski definition) is 2. The molecule has 0 unspecified atom stereocenters. The average Bonchev–Trinajstić information content (AvgIpc) is 2.34. The smallest absolute Gasteiger partial charge is 0.405 e. The van der Waals surface area contributed by atoms with Gasteiger partial charge in [-0.25, -0.2) is 14.2 Å². The molecule has 0 aromatic carbocycles. The topological polar surface area (TPSA) is 80.5 Å². The molecule has 7 heteroatoms. The van der Waals surface area contributed by atoms with Crippen LogP contribution >= 0.6 is 0 Å². The molecule has 6 nitrogen and oxygen atoms in total. The molecule has 1 amide bonds. The Kier molecular flexibility index (Phi) is 3.38. The van der Waals surface area contributed by atoms with Crippen LogP contribution in [0, 0.1) is 5.82 Å². The second kappa shape index (κ2) is 4.96.